The first-order chi connectivity index (χ1) is 14.1. The van der Waals surface area contributed by atoms with Crippen molar-refractivity contribution in [3.05, 3.63) is 70.8 Å². The highest BCUT2D eigenvalue weighted by molar-refractivity contribution is 5.88. The summed E-state index contributed by atoms with van der Waals surface area (Å²) in [4.78, 5) is 21.9. The molecule has 0 unspecified atom stereocenters. The van der Waals surface area contributed by atoms with Crippen LogP contribution in [0.5, 0.6) is 0 Å². The number of halogens is 8. The lowest BCUT2D eigenvalue weighted by Gasteiger charge is -2.39. The molecule has 31 heavy (non-hydrogen) atoms. The molecule has 0 heterocycles. The maximum absolute atomic E-state index is 15.0. The van der Waals surface area contributed by atoms with Gasteiger partial charge in [-0.05, 0) is 35.4 Å². The van der Waals surface area contributed by atoms with Crippen LogP contribution in [0.2, 0.25) is 0 Å². The molecule has 166 valence electrons. The van der Waals surface area contributed by atoms with E-state index in [0.717, 1.165) is 0 Å². The van der Waals surface area contributed by atoms with Crippen molar-refractivity contribution >= 4 is 11.9 Å². The number of carboxylic acids is 2. The maximum atomic E-state index is 15.0. The molecule has 0 aliphatic heterocycles. The standard InChI is InChI=1S/C19H10F8O4/c20-16(21)15(11-5-1-9(2-6-11)13(28)29,12-7-3-10(4-8-12)14(30)31)17(22,23)19(26,27)18(16,24)25/h1-8H,(H,28,29)(H,30,31). The molecule has 1 fully saturated rings. The van der Waals surface area contributed by atoms with Gasteiger partial charge in [0.1, 0.15) is 0 Å². The van der Waals surface area contributed by atoms with E-state index in [0.29, 0.717) is 48.5 Å². The summed E-state index contributed by atoms with van der Waals surface area (Å²) in [7, 11) is 0. The Morgan fingerprint density at radius 1 is 0.516 bits per heavy atom. The van der Waals surface area contributed by atoms with E-state index < -0.39 is 63.3 Å². The van der Waals surface area contributed by atoms with Crippen LogP contribution in [-0.4, -0.2) is 45.8 Å². The normalized spacial score (nSPS) is 22.1. The zero-order valence-corrected chi connectivity index (χ0v) is 14.9. The van der Waals surface area contributed by atoms with E-state index in [1.807, 2.05) is 0 Å². The number of benzene rings is 2. The molecule has 1 aliphatic rings. The Hall–Kier alpha value is -3.18. The first kappa shape index (κ1) is 22.5. The van der Waals surface area contributed by atoms with Crippen LogP contribution in [0.15, 0.2) is 48.5 Å². The van der Waals surface area contributed by atoms with E-state index in [2.05, 4.69) is 0 Å². The van der Waals surface area contributed by atoms with Gasteiger partial charge in [0.25, 0.3) is 0 Å². The van der Waals surface area contributed by atoms with Gasteiger partial charge < -0.3 is 10.2 Å². The van der Waals surface area contributed by atoms with Gasteiger partial charge in [-0.1, -0.05) is 24.3 Å². The number of rotatable bonds is 4. The monoisotopic (exact) mass is 454 g/mol. The molecule has 12 heteroatoms. The molecule has 2 N–H and O–H groups in total. The van der Waals surface area contributed by atoms with Crippen LogP contribution in [0, 0.1) is 0 Å². The number of aromatic carboxylic acids is 2. The van der Waals surface area contributed by atoms with E-state index in [-0.39, 0.29) is 0 Å². The molecule has 0 radical (unpaired) electrons. The Morgan fingerprint density at radius 3 is 1.00 bits per heavy atom. The average molecular weight is 454 g/mol. The zero-order valence-electron chi connectivity index (χ0n) is 14.9. The third-order valence-corrected chi connectivity index (χ3v) is 5.25. The van der Waals surface area contributed by atoms with Gasteiger partial charge in [-0.25, -0.2) is 9.59 Å². The van der Waals surface area contributed by atoms with Crippen LogP contribution >= 0.6 is 0 Å². The Morgan fingerprint density at radius 2 is 0.774 bits per heavy atom. The number of carboxylic acid groups (broad SMARTS) is 2. The third-order valence-electron chi connectivity index (χ3n) is 5.25. The molecule has 2 aromatic carbocycles. The van der Waals surface area contributed by atoms with Crippen LogP contribution in [0.1, 0.15) is 31.8 Å². The van der Waals surface area contributed by atoms with E-state index >= 15 is 0 Å². The van der Waals surface area contributed by atoms with Crippen molar-refractivity contribution in [2.45, 2.75) is 29.1 Å². The smallest absolute Gasteiger partial charge is 0.379 e. The zero-order chi connectivity index (χ0) is 23.6. The Kier molecular flexibility index (Phi) is 4.65. The van der Waals surface area contributed by atoms with Gasteiger partial charge in [0.2, 0.25) is 0 Å². The molecule has 0 amide bonds. The van der Waals surface area contributed by atoms with Crippen molar-refractivity contribution < 1.29 is 54.9 Å². The fraction of sp³-hybridized carbons (Fsp3) is 0.263. The van der Waals surface area contributed by atoms with Crippen molar-refractivity contribution in [3.8, 4) is 0 Å². The number of hydrogen-bond donors (Lipinski definition) is 2. The lowest BCUT2D eigenvalue weighted by atomic mass is 9.68. The molecular weight excluding hydrogens is 444 g/mol. The molecule has 4 nitrogen and oxygen atoms in total. The van der Waals surface area contributed by atoms with Crippen LogP contribution in [0.25, 0.3) is 0 Å². The first-order valence-corrected chi connectivity index (χ1v) is 8.26. The summed E-state index contributed by atoms with van der Waals surface area (Å²) in [6.45, 7) is 0. The van der Waals surface area contributed by atoms with E-state index in [1.165, 1.54) is 0 Å². The average Bonchev–Trinajstić information content (AvgIpc) is 2.74. The first-order valence-electron chi connectivity index (χ1n) is 8.26. The molecule has 0 aromatic heterocycles. The van der Waals surface area contributed by atoms with Crippen molar-refractivity contribution in [1.29, 1.82) is 0 Å². The summed E-state index contributed by atoms with van der Waals surface area (Å²) in [6.07, 6.45) is 0. The summed E-state index contributed by atoms with van der Waals surface area (Å²) in [5.41, 5.74) is -8.69. The molecular formula is C19H10F8O4. The molecule has 0 saturated heterocycles. The van der Waals surface area contributed by atoms with Gasteiger partial charge in [-0.15, -0.1) is 0 Å². The van der Waals surface area contributed by atoms with Crippen molar-refractivity contribution in [2.24, 2.45) is 0 Å². The topological polar surface area (TPSA) is 74.6 Å². The Labute approximate surface area is 167 Å². The number of carbonyl (C=O) groups is 2. The van der Waals surface area contributed by atoms with Gasteiger partial charge in [0.15, 0.2) is 5.41 Å². The fourth-order valence-corrected chi connectivity index (χ4v) is 3.68. The highest BCUT2D eigenvalue weighted by Crippen LogP contribution is 2.73. The number of alkyl halides is 8. The highest BCUT2D eigenvalue weighted by atomic mass is 19.4. The molecule has 1 saturated carbocycles. The summed E-state index contributed by atoms with van der Waals surface area (Å²) in [5.74, 6) is -28.4. The lowest BCUT2D eigenvalue weighted by Crippen LogP contribution is -2.56. The van der Waals surface area contributed by atoms with Gasteiger partial charge in [-0.3, -0.25) is 0 Å². The van der Waals surface area contributed by atoms with Crippen molar-refractivity contribution in [1.82, 2.24) is 0 Å². The van der Waals surface area contributed by atoms with Crippen molar-refractivity contribution in [2.75, 3.05) is 0 Å². The van der Waals surface area contributed by atoms with E-state index in [9.17, 15) is 44.7 Å². The molecule has 1 aliphatic carbocycles. The van der Waals surface area contributed by atoms with Crippen LogP contribution in [0.3, 0.4) is 0 Å². The predicted octanol–water partition coefficient (Wildman–Crippen LogP) is 4.92. The van der Waals surface area contributed by atoms with Gasteiger partial charge in [0.05, 0.1) is 11.1 Å². The summed E-state index contributed by atoms with van der Waals surface area (Å²) in [6, 6.07) is 3.33. The minimum atomic E-state index is -6.51. The van der Waals surface area contributed by atoms with E-state index in [1.54, 1.807) is 0 Å². The predicted molar refractivity (Wildman–Crippen MR) is 87.4 cm³/mol. The second-order valence-electron chi connectivity index (χ2n) is 6.81. The second kappa shape index (κ2) is 6.41. The van der Waals surface area contributed by atoms with E-state index in [4.69, 9.17) is 10.2 Å². The van der Waals surface area contributed by atoms with Gasteiger partial charge in [0, 0.05) is 0 Å². The summed E-state index contributed by atoms with van der Waals surface area (Å²) < 4.78 is 116. The van der Waals surface area contributed by atoms with Crippen LogP contribution in [-0.2, 0) is 5.41 Å². The molecule has 2 aromatic rings. The lowest BCUT2D eigenvalue weighted by molar-refractivity contribution is -0.303. The Balaban J connectivity index is 2.45. The summed E-state index contributed by atoms with van der Waals surface area (Å²) in [5, 5.41) is 17.8. The largest absolute Gasteiger partial charge is 0.478 e. The number of hydrogen-bond acceptors (Lipinski definition) is 2. The minimum Gasteiger partial charge on any atom is -0.478 e. The van der Waals surface area contributed by atoms with Gasteiger partial charge in [-0.2, -0.15) is 35.1 Å². The fourth-order valence-electron chi connectivity index (χ4n) is 3.68. The SMILES string of the molecule is O=C(O)c1ccc(C2(c3ccc(C(=O)O)cc3)C(F)(F)C(F)(F)C(F)(F)C2(F)F)cc1. The Bertz CT molecular complexity index is 960. The molecule has 0 spiro atoms. The minimum absolute atomic E-state index is 0.313. The highest BCUT2D eigenvalue weighted by Gasteiger charge is 2.99. The quantitative estimate of drug-likeness (QED) is 0.643. The molecule has 3 rings (SSSR count). The summed E-state index contributed by atoms with van der Waals surface area (Å²) >= 11 is 0. The maximum Gasteiger partial charge on any atom is 0.379 e. The second-order valence-corrected chi connectivity index (χ2v) is 6.81. The van der Waals surface area contributed by atoms with Crippen molar-refractivity contribution in [3.63, 3.8) is 0 Å². The van der Waals surface area contributed by atoms with Crippen LogP contribution in [0.4, 0.5) is 35.1 Å². The third kappa shape index (κ3) is 2.47. The van der Waals surface area contributed by atoms with Gasteiger partial charge >= 0.3 is 35.6 Å². The van der Waals surface area contributed by atoms with Crippen LogP contribution < -0.4 is 0 Å². The molecule has 0 atom stereocenters. The molecule has 0 bridgehead atoms.